The highest BCUT2D eigenvalue weighted by molar-refractivity contribution is 7.88. The third-order valence-electron chi connectivity index (χ3n) is 3.46. The van der Waals surface area contributed by atoms with Gasteiger partial charge in [-0.2, -0.15) is 21.6 Å². The maximum absolute atomic E-state index is 12.7. The fourth-order valence-electron chi connectivity index (χ4n) is 2.34. The molecule has 0 aliphatic carbocycles. The van der Waals surface area contributed by atoms with E-state index in [1.54, 1.807) is 6.07 Å². The molecule has 0 radical (unpaired) electrons. The van der Waals surface area contributed by atoms with Crippen molar-refractivity contribution < 1.29 is 30.5 Å². The molecule has 0 saturated heterocycles. The Morgan fingerprint density at radius 3 is 2.04 bits per heavy atom. The fourth-order valence-corrected chi connectivity index (χ4v) is 4.65. The zero-order valence-electron chi connectivity index (χ0n) is 14.5. The minimum Gasteiger partial charge on any atom is -0.489 e. The monoisotopic (exact) mass is 404 g/mol. The van der Waals surface area contributed by atoms with Crippen molar-refractivity contribution in [3.63, 3.8) is 0 Å². The molecule has 0 aromatic heterocycles. The second-order valence-corrected chi connectivity index (χ2v) is 13.2. The van der Waals surface area contributed by atoms with E-state index in [9.17, 15) is 21.6 Å². The van der Waals surface area contributed by atoms with Crippen molar-refractivity contribution >= 4 is 23.4 Å². The van der Waals surface area contributed by atoms with Crippen LogP contribution >= 0.6 is 0 Å². The Morgan fingerprint density at radius 2 is 1.50 bits per heavy atom. The van der Waals surface area contributed by atoms with Gasteiger partial charge in [-0.15, -0.1) is 0 Å². The van der Waals surface area contributed by atoms with Gasteiger partial charge >= 0.3 is 15.6 Å². The van der Waals surface area contributed by atoms with Gasteiger partial charge in [0.05, 0.1) is 8.07 Å². The van der Waals surface area contributed by atoms with Gasteiger partial charge in [0.25, 0.3) is 0 Å². The first-order chi connectivity index (χ1) is 11.9. The molecule has 0 bridgehead atoms. The molecular formula is C17H19F3O4SSi. The lowest BCUT2D eigenvalue weighted by atomic mass is 10.2. The number of rotatable bonds is 6. The molecule has 0 spiro atoms. The van der Waals surface area contributed by atoms with Gasteiger partial charge in [0.15, 0.2) is 0 Å². The summed E-state index contributed by atoms with van der Waals surface area (Å²) in [7, 11) is -8.05. The van der Waals surface area contributed by atoms with Gasteiger partial charge in [-0.05, 0) is 17.7 Å². The van der Waals surface area contributed by atoms with Crippen LogP contribution in [0.1, 0.15) is 5.56 Å². The third-order valence-corrected chi connectivity index (χ3v) is 6.42. The Hall–Kier alpha value is -2.00. The maximum atomic E-state index is 12.7. The van der Waals surface area contributed by atoms with Crippen molar-refractivity contribution in [2.75, 3.05) is 0 Å². The summed E-state index contributed by atoms with van der Waals surface area (Å²) in [5, 5.41) is 0.378. The second kappa shape index (κ2) is 7.32. The number of alkyl halides is 3. The van der Waals surface area contributed by atoms with Gasteiger partial charge in [-0.25, -0.2) is 0 Å². The summed E-state index contributed by atoms with van der Waals surface area (Å²) >= 11 is 0. The van der Waals surface area contributed by atoms with Crippen LogP contribution in [0.25, 0.3) is 0 Å². The van der Waals surface area contributed by atoms with E-state index in [1.807, 2.05) is 50.0 Å². The maximum Gasteiger partial charge on any atom is 0.534 e. The van der Waals surface area contributed by atoms with Crippen LogP contribution < -0.4 is 14.1 Å². The molecule has 0 heterocycles. The Labute approximate surface area is 151 Å². The predicted molar refractivity (Wildman–Crippen MR) is 95.8 cm³/mol. The van der Waals surface area contributed by atoms with Gasteiger partial charge in [0.2, 0.25) is 0 Å². The molecule has 142 valence electrons. The zero-order chi connectivity index (χ0) is 19.6. The van der Waals surface area contributed by atoms with Gasteiger partial charge in [-0.1, -0.05) is 56.0 Å². The zero-order valence-corrected chi connectivity index (χ0v) is 16.3. The molecule has 0 fully saturated rings. The van der Waals surface area contributed by atoms with E-state index in [4.69, 9.17) is 4.74 Å². The average Bonchev–Trinajstić information content (AvgIpc) is 2.51. The van der Waals surface area contributed by atoms with Crippen molar-refractivity contribution in [2.24, 2.45) is 0 Å². The Balaban J connectivity index is 2.41. The Kier molecular flexibility index (Phi) is 5.72. The molecule has 2 rings (SSSR count). The average molecular weight is 404 g/mol. The van der Waals surface area contributed by atoms with Crippen molar-refractivity contribution in [3.8, 4) is 11.5 Å². The molecule has 2 aromatic rings. The van der Waals surface area contributed by atoms with Crippen LogP contribution in [0.4, 0.5) is 13.2 Å². The molecule has 26 heavy (non-hydrogen) atoms. The van der Waals surface area contributed by atoms with E-state index in [-0.39, 0.29) is 12.4 Å². The normalized spacial score (nSPS) is 12.7. The number of hydrogen-bond donors (Lipinski definition) is 0. The van der Waals surface area contributed by atoms with Crippen molar-refractivity contribution in [1.29, 1.82) is 0 Å². The van der Waals surface area contributed by atoms with Crippen LogP contribution in [0.5, 0.6) is 11.5 Å². The number of hydrogen-bond acceptors (Lipinski definition) is 4. The third kappa shape index (κ3) is 4.79. The van der Waals surface area contributed by atoms with E-state index in [1.165, 1.54) is 12.1 Å². The predicted octanol–water partition coefficient (Wildman–Crippen LogP) is 4.04. The summed E-state index contributed by atoms with van der Waals surface area (Å²) in [5.74, 6) is -0.0186. The molecule has 0 aliphatic heterocycles. The molecule has 0 unspecified atom stereocenters. The summed E-state index contributed by atoms with van der Waals surface area (Å²) in [6, 6.07) is 13.5. The van der Waals surface area contributed by atoms with Gasteiger partial charge in [0, 0.05) is 5.19 Å². The molecule has 2 aromatic carbocycles. The first-order valence-corrected chi connectivity index (χ1v) is 12.6. The molecule has 9 heteroatoms. The van der Waals surface area contributed by atoms with Gasteiger partial charge < -0.3 is 8.92 Å². The van der Waals surface area contributed by atoms with E-state index >= 15 is 0 Å². The van der Waals surface area contributed by atoms with Gasteiger partial charge in [-0.3, -0.25) is 0 Å². The lowest BCUT2D eigenvalue weighted by Gasteiger charge is -2.24. The van der Waals surface area contributed by atoms with E-state index in [2.05, 4.69) is 4.18 Å². The Bertz CT molecular complexity index is 860. The fraction of sp³-hybridized carbons (Fsp3) is 0.294. The second-order valence-electron chi connectivity index (χ2n) is 6.64. The highest BCUT2D eigenvalue weighted by Gasteiger charge is 2.49. The SMILES string of the molecule is C[Si](C)(C)c1c(OCc2ccccc2)cccc1OS(=O)(=O)C(F)(F)F. The van der Waals surface area contributed by atoms with Gasteiger partial charge in [0.1, 0.15) is 18.1 Å². The minimum atomic E-state index is -5.75. The summed E-state index contributed by atoms with van der Waals surface area (Å²) in [6.07, 6.45) is 0. The van der Waals surface area contributed by atoms with Crippen molar-refractivity contribution in [3.05, 3.63) is 54.1 Å². The largest absolute Gasteiger partial charge is 0.534 e. The smallest absolute Gasteiger partial charge is 0.489 e. The molecule has 4 nitrogen and oxygen atoms in total. The standard InChI is InChI=1S/C17H19F3O4SSi/c1-26(2,3)16-14(23-12-13-8-5-4-6-9-13)10-7-11-15(16)24-25(21,22)17(18,19)20/h4-11H,12H2,1-3H3. The lowest BCUT2D eigenvalue weighted by molar-refractivity contribution is -0.0499. The minimum absolute atomic E-state index is 0.202. The van der Waals surface area contributed by atoms with Crippen LogP contribution in [0.15, 0.2) is 48.5 Å². The molecule has 0 atom stereocenters. The number of halogens is 3. The molecule has 0 saturated carbocycles. The van der Waals surface area contributed by atoms with Crippen LogP contribution in [-0.4, -0.2) is 22.0 Å². The number of benzene rings is 2. The summed E-state index contributed by atoms with van der Waals surface area (Å²) in [4.78, 5) is 0. The van der Waals surface area contributed by atoms with E-state index in [0.29, 0.717) is 10.9 Å². The summed E-state index contributed by atoms with van der Waals surface area (Å²) in [6.45, 7) is 5.80. The van der Waals surface area contributed by atoms with Crippen molar-refractivity contribution in [2.45, 2.75) is 31.8 Å². The quantitative estimate of drug-likeness (QED) is 0.414. The van der Waals surface area contributed by atoms with Crippen LogP contribution in [0, 0.1) is 0 Å². The van der Waals surface area contributed by atoms with Crippen LogP contribution in [0.3, 0.4) is 0 Å². The number of ether oxygens (including phenoxy) is 1. The topological polar surface area (TPSA) is 52.6 Å². The summed E-state index contributed by atoms with van der Waals surface area (Å²) < 4.78 is 71.1. The molecule has 0 N–H and O–H groups in total. The Morgan fingerprint density at radius 1 is 0.923 bits per heavy atom. The molecular weight excluding hydrogens is 385 g/mol. The lowest BCUT2D eigenvalue weighted by Crippen LogP contribution is -2.41. The summed E-state index contributed by atoms with van der Waals surface area (Å²) in [5.41, 5.74) is -4.62. The van der Waals surface area contributed by atoms with Crippen LogP contribution in [0.2, 0.25) is 19.6 Å². The van der Waals surface area contributed by atoms with Crippen LogP contribution in [-0.2, 0) is 16.7 Å². The molecule has 0 aliphatic rings. The van der Waals surface area contributed by atoms with E-state index < -0.39 is 23.7 Å². The van der Waals surface area contributed by atoms with Crippen molar-refractivity contribution in [1.82, 2.24) is 0 Å². The van der Waals surface area contributed by atoms with E-state index in [0.717, 1.165) is 5.56 Å². The molecule has 0 amide bonds. The highest BCUT2D eigenvalue weighted by atomic mass is 32.2. The highest BCUT2D eigenvalue weighted by Crippen LogP contribution is 2.30. The first kappa shape index (κ1) is 20.3. The first-order valence-electron chi connectivity index (χ1n) is 7.73.